The van der Waals surface area contributed by atoms with Crippen LogP contribution >= 0.6 is 0 Å². The highest BCUT2D eigenvalue weighted by atomic mass is 19.3. The lowest BCUT2D eigenvalue weighted by Gasteiger charge is -2.21. The summed E-state index contributed by atoms with van der Waals surface area (Å²) in [5, 5.41) is 0. The minimum absolute atomic E-state index is 0.0564. The van der Waals surface area contributed by atoms with Crippen molar-refractivity contribution in [3.63, 3.8) is 0 Å². The number of alkyl halides is 2. The third kappa shape index (κ3) is 5.90. The summed E-state index contributed by atoms with van der Waals surface area (Å²) in [7, 11) is 1.57. The smallest absolute Gasteiger partial charge is 0.255 e. The van der Waals surface area contributed by atoms with Crippen molar-refractivity contribution < 1.29 is 13.5 Å². The van der Waals surface area contributed by atoms with Crippen LogP contribution in [0.1, 0.15) is 38.2 Å². The van der Waals surface area contributed by atoms with Gasteiger partial charge in [-0.05, 0) is 43.0 Å². The number of hydrogen-bond donors (Lipinski definition) is 0. The molecule has 0 N–H and O–H groups in total. The Hall–Kier alpha value is -2.70. The zero-order valence-corrected chi connectivity index (χ0v) is 17.9. The van der Waals surface area contributed by atoms with E-state index in [4.69, 9.17) is 4.74 Å². The predicted molar refractivity (Wildman–Crippen MR) is 117 cm³/mol. The average molecular weight is 417 g/mol. The Balaban J connectivity index is 1.57. The van der Waals surface area contributed by atoms with Gasteiger partial charge in [-0.2, -0.15) is 4.98 Å². The molecule has 1 fully saturated rings. The Morgan fingerprint density at radius 3 is 2.70 bits per heavy atom. The first-order valence-corrected chi connectivity index (χ1v) is 10.3. The topological polar surface area (TPSA) is 41.5 Å². The molecule has 1 aliphatic rings. The molecule has 2 heterocycles. The number of hydrogen-bond acceptors (Lipinski definition) is 5. The zero-order chi connectivity index (χ0) is 21.7. The molecule has 0 spiro atoms. The minimum Gasteiger partial charge on any atom is -0.489 e. The number of halogens is 2. The predicted octanol–water partition coefficient (Wildman–Crippen LogP) is 4.91. The number of ether oxygens (including phenoxy) is 1. The van der Waals surface area contributed by atoms with Gasteiger partial charge in [0.05, 0.1) is 13.1 Å². The van der Waals surface area contributed by atoms with Gasteiger partial charge in [0.1, 0.15) is 17.7 Å². The lowest BCUT2D eigenvalue weighted by Crippen LogP contribution is -2.28. The fraction of sp³-hybridized carbons (Fsp3) is 0.478. The third-order valence-electron chi connectivity index (χ3n) is 5.26. The van der Waals surface area contributed by atoms with E-state index in [1.165, 1.54) is 16.0 Å². The van der Waals surface area contributed by atoms with Crippen molar-refractivity contribution in [1.82, 2.24) is 9.97 Å². The van der Waals surface area contributed by atoms with E-state index in [0.717, 1.165) is 31.0 Å². The molecule has 7 heteroatoms. The standard InChI is InChI=1S/C23H30F2N4O/c1-16(2)13-17(3)18-5-7-19(8-6-18)30-20-10-12-29(14-20)22-9-11-26-23(27-22)28(4)15-21(24)25/h5-9,11,17,20-21H,1,10,12-15H2,2-4H3/t17-,20?/m1/s1. The zero-order valence-electron chi connectivity index (χ0n) is 17.9. The molecule has 2 aromatic rings. The molecule has 0 amide bonds. The van der Waals surface area contributed by atoms with E-state index in [9.17, 15) is 8.78 Å². The fourth-order valence-electron chi connectivity index (χ4n) is 3.73. The van der Waals surface area contributed by atoms with E-state index < -0.39 is 13.0 Å². The van der Waals surface area contributed by atoms with Crippen molar-refractivity contribution in [3.05, 3.63) is 54.2 Å². The van der Waals surface area contributed by atoms with Crippen LogP contribution in [0.25, 0.3) is 0 Å². The second-order valence-corrected chi connectivity index (χ2v) is 8.09. The number of anilines is 2. The van der Waals surface area contributed by atoms with E-state index in [-0.39, 0.29) is 6.10 Å². The van der Waals surface area contributed by atoms with E-state index >= 15 is 0 Å². The second kappa shape index (κ2) is 9.87. The van der Waals surface area contributed by atoms with Crippen LogP contribution in [-0.4, -0.2) is 49.2 Å². The van der Waals surface area contributed by atoms with Gasteiger partial charge < -0.3 is 14.5 Å². The summed E-state index contributed by atoms with van der Waals surface area (Å²) in [5.41, 5.74) is 2.46. The van der Waals surface area contributed by atoms with Crippen LogP contribution in [0.5, 0.6) is 5.75 Å². The summed E-state index contributed by atoms with van der Waals surface area (Å²) >= 11 is 0. The van der Waals surface area contributed by atoms with Crippen molar-refractivity contribution >= 4 is 11.8 Å². The van der Waals surface area contributed by atoms with Crippen LogP contribution < -0.4 is 14.5 Å². The molecule has 0 aliphatic carbocycles. The highest BCUT2D eigenvalue weighted by Crippen LogP contribution is 2.27. The summed E-state index contributed by atoms with van der Waals surface area (Å²) in [6.45, 7) is 9.35. The van der Waals surface area contributed by atoms with Crippen LogP contribution in [0.2, 0.25) is 0 Å². The molecule has 1 aromatic carbocycles. The number of nitrogens with zero attached hydrogens (tertiary/aromatic N) is 4. The van der Waals surface area contributed by atoms with Crippen molar-refractivity contribution in [2.24, 2.45) is 0 Å². The van der Waals surface area contributed by atoms with Crippen LogP contribution in [-0.2, 0) is 0 Å². The van der Waals surface area contributed by atoms with Crippen molar-refractivity contribution in [2.75, 3.05) is 36.5 Å². The highest BCUT2D eigenvalue weighted by Gasteiger charge is 2.26. The fourth-order valence-corrected chi connectivity index (χ4v) is 3.73. The molecule has 2 atom stereocenters. The van der Waals surface area contributed by atoms with Gasteiger partial charge in [-0.3, -0.25) is 0 Å². The maximum absolute atomic E-state index is 12.6. The summed E-state index contributed by atoms with van der Waals surface area (Å²) in [6.07, 6.45) is 1.09. The Morgan fingerprint density at radius 1 is 1.30 bits per heavy atom. The molecule has 5 nitrogen and oxygen atoms in total. The van der Waals surface area contributed by atoms with E-state index in [1.807, 2.05) is 12.1 Å². The molecule has 3 rings (SSSR count). The normalized spacial score (nSPS) is 17.3. The molecule has 1 aromatic heterocycles. The summed E-state index contributed by atoms with van der Waals surface area (Å²) in [5.74, 6) is 2.33. The van der Waals surface area contributed by atoms with Crippen molar-refractivity contribution in [1.29, 1.82) is 0 Å². The maximum atomic E-state index is 12.6. The molecule has 30 heavy (non-hydrogen) atoms. The third-order valence-corrected chi connectivity index (χ3v) is 5.26. The highest BCUT2D eigenvalue weighted by molar-refractivity contribution is 5.44. The molecular formula is C23H30F2N4O. The lowest BCUT2D eigenvalue weighted by molar-refractivity contribution is 0.156. The maximum Gasteiger partial charge on any atom is 0.255 e. The van der Waals surface area contributed by atoms with Crippen LogP contribution in [0.4, 0.5) is 20.5 Å². The van der Waals surface area contributed by atoms with Gasteiger partial charge in [0.15, 0.2) is 0 Å². The number of rotatable bonds is 9. The van der Waals surface area contributed by atoms with Gasteiger partial charge >= 0.3 is 0 Å². The molecule has 0 bridgehead atoms. The Morgan fingerprint density at radius 2 is 2.03 bits per heavy atom. The van der Waals surface area contributed by atoms with Gasteiger partial charge in [-0.25, -0.2) is 13.8 Å². The average Bonchev–Trinajstić information content (AvgIpc) is 3.16. The SMILES string of the molecule is C=C(C)C[C@@H](C)c1ccc(OC2CCN(c3ccnc(N(C)CC(F)F)n3)C2)cc1. The monoisotopic (exact) mass is 416 g/mol. The molecular weight excluding hydrogens is 386 g/mol. The Kier molecular flexibility index (Phi) is 7.24. The summed E-state index contributed by atoms with van der Waals surface area (Å²) in [4.78, 5) is 12.0. The minimum atomic E-state index is -2.43. The number of allylic oxidation sites excluding steroid dienone is 1. The van der Waals surface area contributed by atoms with E-state index in [2.05, 4.69) is 47.4 Å². The number of benzene rings is 1. The largest absolute Gasteiger partial charge is 0.489 e. The van der Waals surface area contributed by atoms with E-state index in [1.54, 1.807) is 19.3 Å². The van der Waals surface area contributed by atoms with Crippen LogP contribution in [0, 0.1) is 0 Å². The molecule has 1 saturated heterocycles. The Bertz CT molecular complexity index is 843. The molecule has 1 aliphatic heterocycles. The van der Waals surface area contributed by atoms with Crippen molar-refractivity contribution in [2.45, 2.75) is 45.1 Å². The summed E-state index contributed by atoms with van der Waals surface area (Å²) in [6, 6.07) is 10.1. The van der Waals surface area contributed by atoms with Crippen LogP contribution in [0.15, 0.2) is 48.7 Å². The van der Waals surface area contributed by atoms with E-state index in [0.29, 0.717) is 18.4 Å². The molecule has 1 unspecified atom stereocenters. The first kappa shape index (κ1) is 22.0. The number of aromatic nitrogens is 2. The molecule has 162 valence electrons. The van der Waals surface area contributed by atoms with Crippen LogP contribution in [0.3, 0.4) is 0 Å². The summed E-state index contributed by atoms with van der Waals surface area (Å²) < 4.78 is 31.4. The Labute approximate surface area is 177 Å². The first-order valence-electron chi connectivity index (χ1n) is 10.3. The molecule has 0 radical (unpaired) electrons. The van der Waals surface area contributed by atoms with Gasteiger partial charge in [-0.1, -0.05) is 24.6 Å². The van der Waals surface area contributed by atoms with Gasteiger partial charge in [0.25, 0.3) is 6.43 Å². The quantitative estimate of drug-likeness (QED) is 0.544. The second-order valence-electron chi connectivity index (χ2n) is 8.09. The molecule has 0 saturated carbocycles. The van der Waals surface area contributed by atoms with Gasteiger partial charge in [0.2, 0.25) is 5.95 Å². The first-order chi connectivity index (χ1) is 14.3. The van der Waals surface area contributed by atoms with Gasteiger partial charge in [-0.15, -0.1) is 6.58 Å². The lowest BCUT2D eigenvalue weighted by atomic mass is 9.95. The van der Waals surface area contributed by atoms with Crippen molar-refractivity contribution in [3.8, 4) is 5.75 Å². The van der Waals surface area contributed by atoms with Gasteiger partial charge in [0, 0.05) is 26.2 Å².